The molecular weight excluding hydrogens is 639 g/mol. The van der Waals surface area contributed by atoms with Crippen molar-refractivity contribution in [2.75, 3.05) is 4.90 Å². The largest absolute Gasteiger partial charge is 0.456 e. The fraction of sp³-hybridized carbons (Fsp3) is 0. The van der Waals surface area contributed by atoms with Crippen molar-refractivity contribution in [1.29, 1.82) is 0 Å². The maximum Gasteiger partial charge on any atom is 0.137 e. The molecule has 8 aromatic carbocycles. The van der Waals surface area contributed by atoms with E-state index in [1.807, 2.05) is 23.5 Å². The third kappa shape index (κ3) is 5.27. The number of nitrogens with zero attached hydrogens (tertiary/aromatic N) is 1. The summed E-state index contributed by atoms with van der Waals surface area (Å²) >= 11 is 1.85. The van der Waals surface area contributed by atoms with Gasteiger partial charge in [0.25, 0.3) is 0 Å². The fourth-order valence-electron chi connectivity index (χ4n) is 7.34. The van der Waals surface area contributed by atoms with E-state index in [0.717, 1.165) is 50.1 Å². The first-order chi connectivity index (χ1) is 25.2. The molecule has 0 amide bonds. The monoisotopic (exact) mass is 669 g/mol. The molecule has 0 aliphatic carbocycles. The molecule has 0 radical (unpaired) electrons. The van der Waals surface area contributed by atoms with Crippen LogP contribution in [0.4, 0.5) is 17.1 Å². The standard InChI is InChI=1S/C48H31NOS/c1-3-11-32(12-4-1)36-27-37(33-13-5-2-6-14-33)29-40(28-36)49(39-24-25-42-41-15-7-9-17-45(41)50-46(42)31-39)38-22-19-34(20-23-38)35-21-26-48-44(30-35)43-16-8-10-18-47(43)51-48/h1-31H. The van der Waals surface area contributed by atoms with E-state index in [0.29, 0.717) is 0 Å². The van der Waals surface area contributed by atoms with Gasteiger partial charge in [-0.1, -0.05) is 115 Å². The Kier molecular flexibility index (Phi) is 7.04. The first-order valence-corrected chi connectivity index (χ1v) is 18.1. The van der Waals surface area contributed by atoms with Gasteiger partial charge in [-0.2, -0.15) is 0 Å². The van der Waals surface area contributed by atoms with Gasteiger partial charge in [0.1, 0.15) is 11.2 Å². The van der Waals surface area contributed by atoms with Crippen molar-refractivity contribution < 1.29 is 4.42 Å². The molecule has 0 N–H and O–H groups in total. The lowest BCUT2D eigenvalue weighted by Gasteiger charge is -2.27. The molecular formula is C48H31NOS. The smallest absolute Gasteiger partial charge is 0.137 e. The Morgan fingerprint density at radius 3 is 1.63 bits per heavy atom. The predicted octanol–water partition coefficient (Wildman–Crippen LogP) is 14.4. The molecule has 51 heavy (non-hydrogen) atoms. The van der Waals surface area contributed by atoms with E-state index >= 15 is 0 Å². The predicted molar refractivity (Wildman–Crippen MR) is 218 cm³/mol. The molecule has 0 spiro atoms. The molecule has 240 valence electrons. The second-order valence-electron chi connectivity index (χ2n) is 13.0. The van der Waals surface area contributed by atoms with E-state index in [4.69, 9.17) is 4.42 Å². The normalized spacial score (nSPS) is 11.5. The third-order valence-electron chi connectivity index (χ3n) is 9.85. The summed E-state index contributed by atoms with van der Waals surface area (Å²) in [7, 11) is 0. The van der Waals surface area contributed by atoms with Crippen molar-refractivity contribution in [3.63, 3.8) is 0 Å². The minimum Gasteiger partial charge on any atom is -0.456 e. The third-order valence-corrected chi connectivity index (χ3v) is 11.0. The highest BCUT2D eigenvalue weighted by Crippen LogP contribution is 2.43. The summed E-state index contributed by atoms with van der Waals surface area (Å²) in [5, 5.41) is 4.87. The van der Waals surface area contributed by atoms with E-state index in [9.17, 15) is 0 Å². The lowest BCUT2D eigenvalue weighted by Crippen LogP contribution is -2.10. The van der Waals surface area contributed by atoms with Crippen LogP contribution in [0.1, 0.15) is 0 Å². The van der Waals surface area contributed by atoms with Crippen LogP contribution in [0.5, 0.6) is 0 Å². The van der Waals surface area contributed by atoms with E-state index in [1.165, 1.54) is 42.4 Å². The SMILES string of the molecule is c1ccc(-c2cc(-c3ccccc3)cc(N(c3ccc(-c4ccc5sc6ccccc6c5c4)cc3)c3ccc4c(c3)oc3ccccc34)c2)cc1. The minimum atomic E-state index is 0.870. The van der Waals surface area contributed by atoms with E-state index in [1.54, 1.807) is 0 Å². The highest BCUT2D eigenvalue weighted by atomic mass is 32.1. The summed E-state index contributed by atoms with van der Waals surface area (Å²) in [6.45, 7) is 0. The number of hydrogen-bond donors (Lipinski definition) is 0. The number of rotatable bonds is 6. The number of hydrogen-bond acceptors (Lipinski definition) is 3. The Bertz CT molecular complexity index is 2790. The van der Waals surface area contributed by atoms with Crippen LogP contribution in [0.15, 0.2) is 192 Å². The summed E-state index contributed by atoms with van der Waals surface area (Å²) in [5.74, 6) is 0. The van der Waals surface area contributed by atoms with Gasteiger partial charge in [-0.05, 0) is 100 Å². The van der Waals surface area contributed by atoms with Gasteiger partial charge >= 0.3 is 0 Å². The highest BCUT2D eigenvalue weighted by Gasteiger charge is 2.18. The summed E-state index contributed by atoms with van der Waals surface area (Å²) in [6.07, 6.45) is 0. The molecule has 2 aromatic heterocycles. The number of fused-ring (bicyclic) bond motifs is 6. The van der Waals surface area contributed by atoms with Gasteiger partial charge < -0.3 is 9.32 Å². The van der Waals surface area contributed by atoms with E-state index in [-0.39, 0.29) is 0 Å². The number of furan rings is 1. The van der Waals surface area contributed by atoms with Crippen LogP contribution in [0.3, 0.4) is 0 Å². The molecule has 0 unspecified atom stereocenters. The quantitative estimate of drug-likeness (QED) is 0.175. The van der Waals surface area contributed by atoms with Crippen molar-refractivity contribution >= 4 is 70.5 Å². The summed E-state index contributed by atoms with van der Waals surface area (Å²) in [4.78, 5) is 2.35. The van der Waals surface area contributed by atoms with Crippen molar-refractivity contribution in [1.82, 2.24) is 0 Å². The van der Waals surface area contributed by atoms with Gasteiger partial charge in [0, 0.05) is 54.1 Å². The zero-order valence-electron chi connectivity index (χ0n) is 27.7. The molecule has 2 nitrogen and oxygen atoms in total. The second kappa shape index (κ2) is 12.2. The first-order valence-electron chi connectivity index (χ1n) is 17.2. The minimum absolute atomic E-state index is 0.870. The van der Waals surface area contributed by atoms with Crippen LogP contribution >= 0.6 is 11.3 Å². The molecule has 0 bridgehead atoms. The topological polar surface area (TPSA) is 16.4 Å². The number of thiophene rings is 1. The molecule has 0 atom stereocenters. The maximum atomic E-state index is 6.41. The molecule has 2 heterocycles. The molecule has 0 saturated carbocycles. The molecule has 0 fully saturated rings. The van der Waals surface area contributed by atoms with Gasteiger partial charge in [-0.25, -0.2) is 0 Å². The van der Waals surface area contributed by atoms with Gasteiger partial charge in [0.15, 0.2) is 0 Å². The number of para-hydroxylation sites is 1. The molecule has 10 rings (SSSR count). The lowest BCUT2D eigenvalue weighted by molar-refractivity contribution is 0.669. The van der Waals surface area contributed by atoms with Crippen molar-refractivity contribution in [3.8, 4) is 33.4 Å². The molecule has 10 aromatic rings. The van der Waals surface area contributed by atoms with Crippen molar-refractivity contribution in [2.24, 2.45) is 0 Å². The zero-order valence-corrected chi connectivity index (χ0v) is 28.5. The Hall–Kier alpha value is -6.42. The Labute approximate surface area is 300 Å². The summed E-state index contributed by atoms with van der Waals surface area (Å²) in [5.41, 5.74) is 12.0. The Morgan fingerprint density at radius 1 is 0.314 bits per heavy atom. The van der Waals surface area contributed by atoms with Crippen LogP contribution in [0.25, 0.3) is 75.5 Å². The van der Waals surface area contributed by atoms with Gasteiger partial charge in [-0.3, -0.25) is 0 Å². The zero-order chi connectivity index (χ0) is 33.7. The first kappa shape index (κ1) is 29.5. The van der Waals surface area contributed by atoms with E-state index < -0.39 is 0 Å². The highest BCUT2D eigenvalue weighted by molar-refractivity contribution is 7.25. The van der Waals surface area contributed by atoms with Crippen LogP contribution < -0.4 is 4.90 Å². The molecule has 0 aliphatic rings. The van der Waals surface area contributed by atoms with Gasteiger partial charge in [0.2, 0.25) is 0 Å². The number of benzene rings is 8. The summed E-state index contributed by atoms with van der Waals surface area (Å²) < 4.78 is 9.05. The van der Waals surface area contributed by atoms with Crippen molar-refractivity contribution in [2.45, 2.75) is 0 Å². The van der Waals surface area contributed by atoms with E-state index in [2.05, 4.69) is 181 Å². The fourth-order valence-corrected chi connectivity index (χ4v) is 8.43. The van der Waals surface area contributed by atoms with Crippen LogP contribution in [0, 0.1) is 0 Å². The van der Waals surface area contributed by atoms with Crippen LogP contribution in [0.2, 0.25) is 0 Å². The maximum absolute atomic E-state index is 6.41. The summed E-state index contributed by atoms with van der Waals surface area (Å²) in [6, 6.07) is 67.5. The molecule has 3 heteroatoms. The van der Waals surface area contributed by atoms with Gasteiger partial charge in [-0.15, -0.1) is 11.3 Å². The average Bonchev–Trinajstić information content (AvgIpc) is 3.76. The second-order valence-corrected chi connectivity index (χ2v) is 14.1. The Balaban J connectivity index is 1.15. The van der Waals surface area contributed by atoms with Crippen LogP contribution in [-0.2, 0) is 0 Å². The van der Waals surface area contributed by atoms with Crippen molar-refractivity contribution in [3.05, 3.63) is 188 Å². The molecule has 0 aliphatic heterocycles. The van der Waals surface area contributed by atoms with Gasteiger partial charge in [0.05, 0.1) is 0 Å². The lowest BCUT2D eigenvalue weighted by atomic mass is 9.97. The number of anilines is 3. The Morgan fingerprint density at radius 2 is 0.882 bits per heavy atom. The molecule has 0 saturated heterocycles. The van der Waals surface area contributed by atoms with Crippen LogP contribution in [-0.4, -0.2) is 0 Å². The average molecular weight is 670 g/mol.